The molecule has 1 fully saturated rings. The minimum atomic E-state index is -0.583. The Kier molecular flexibility index (Phi) is 7.95. The van der Waals surface area contributed by atoms with Crippen molar-refractivity contribution in [3.8, 4) is 11.1 Å². The maximum Gasteiger partial charge on any atom is 0.184 e. The van der Waals surface area contributed by atoms with E-state index in [1.807, 2.05) is 54.6 Å². The molecule has 37 heavy (non-hydrogen) atoms. The first kappa shape index (κ1) is 25.9. The van der Waals surface area contributed by atoms with Crippen LogP contribution >= 0.6 is 23.2 Å². The number of aromatic nitrogens is 2. The van der Waals surface area contributed by atoms with Crippen molar-refractivity contribution in [1.82, 2.24) is 9.55 Å². The van der Waals surface area contributed by atoms with Crippen LogP contribution in [0.5, 0.6) is 0 Å². The summed E-state index contributed by atoms with van der Waals surface area (Å²) in [7, 11) is 0. The summed E-state index contributed by atoms with van der Waals surface area (Å²) in [6.07, 6.45) is 0.591. The van der Waals surface area contributed by atoms with E-state index in [1.165, 1.54) is 0 Å². The minimum Gasteiger partial charge on any atom is -0.392 e. The number of hydrogen-bond acceptors (Lipinski definition) is 5. The van der Waals surface area contributed by atoms with Gasteiger partial charge < -0.3 is 24.9 Å². The summed E-state index contributed by atoms with van der Waals surface area (Å²) in [6, 6.07) is 24.2. The molecule has 0 aliphatic carbocycles. The smallest absolute Gasteiger partial charge is 0.184 e. The van der Waals surface area contributed by atoms with Crippen molar-refractivity contribution in [2.24, 2.45) is 11.7 Å². The third-order valence-corrected chi connectivity index (χ3v) is 7.73. The predicted molar refractivity (Wildman–Crippen MR) is 145 cm³/mol. The average molecular weight is 538 g/mol. The molecule has 0 bridgehead atoms. The molecule has 0 unspecified atom stereocenters. The summed E-state index contributed by atoms with van der Waals surface area (Å²) in [5, 5.41) is 10.1. The zero-order chi connectivity index (χ0) is 25.9. The first-order chi connectivity index (χ1) is 18.0. The maximum atomic E-state index is 9.46. The molecule has 6 nitrogen and oxygen atoms in total. The molecule has 0 radical (unpaired) electrons. The second kappa shape index (κ2) is 11.4. The summed E-state index contributed by atoms with van der Waals surface area (Å²) in [5.74, 6) is 0.00386. The van der Waals surface area contributed by atoms with Gasteiger partial charge in [0.15, 0.2) is 11.4 Å². The van der Waals surface area contributed by atoms with Gasteiger partial charge in [-0.15, -0.1) is 0 Å². The van der Waals surface area contributed by atoms with Gasteiger partial charge in [0.2, 0.25) is 0 Å². The van der Waals surface area contributed by atoms with Gasteiger partial charge in [-0.25, -0.2) is 4.98 Å². The molecule has 0 amide bonds. The topological polar surface area (TPSA) is 82.5 Å². The number of benzene rings is 3. The Morgan fingerprint density at radius 3 is 2.30 bits per heavy atom. The lowest BCUT2D eigenvalue weighted by Crippen LogP contribution is -2.39. The largest absolute Gasteiger partial charge is 0.392 e. The molecule has 192 valence electrons. The molecule has 5 rings (SSSR count). The molecule has 1 saturated heterocycles. The number of aliphatic hydroxyl groups excluding tert-OH is 1. The van der Waals surface area contributed by atoms with Gasteiger partial charge in [0, 0.05) is 18.0 Å². The monoisotopic (exact) mass is 537 g/mol. The van der Waals surface area contributed by atoms with E-state index in [0.717, 1.165) is 33.4 Å². The van der Waals surface area contributed by atoms with Gasteiger partial charge in [-0.2, -0.15) is 0 Å². The average Bonchev–Trinajstić information content (AvgIpc) is 3.26. The van der Waals surface area contributed by atoms with Crippen LogP contribution in [0.4, 0.5) is 0 Å². The third kappa shape index (κ3) is 5.46. The second-order valence-corrected chi connectivity index (χ2v) is 10.00. The Bertz CT molecular complexity index is 1340. The fourth-order valence-corrected chi connectivity index (χ4v) is 5.11. The molecule has 1 aliphatic heterocycles. The molecule has 0 spiro atoms. The highest BCUT2D eigenvalue weighted by Crippen LogP contribution is 2.42. The van der Waals surface area contributed by atoms with E-state index < -0.39 is 6.29 Å². The van der Waals surface area contributed by atoms with E-state index in [0.29, 0.717) is 18.2 Å². The minimum absolute atomic E-state index is 0.00386. The van der Waals surface area contributed by atoms with E-state index in [-0.39, 0.29) is 29.9 Å². The molecular weight excluding hydrogens is 509 g/mol. The van der Waals surface area contributed by atoms with Gasteiger partial charge in [0.05, 0.1) is 31.7 Å². The van der Waals surface area contributed by atoms with Crippen LogP contribution in [-0.4, -0.2) is 20.8 Å². The number of halogens is 2. The zero-order valence-electron chi connectivity index (χ0n) is 20.4. The number of imidazole rings is 1. The van der Waals surface area contributed by atoms with Crippen LogP contribution in [0.3, 0.4) is 0 Å². The van der Waals surface area contributed by atoms with E-state index in [1.54, 1.807) is 10.9 Å². The highest BCUT2D eigenvalue weighted by atomic mass is 35.5. The Morgan fingerprint density at radius 1 is 0.946 bits per heavy atom. The first-order valence-corrected chi connectivity index (χ1v) is 13.0. The maximum absolute atomic E-state index is 9.46. The lowest BCUT2D eigenvalue weighted by Gasteiger charge is -2.41. The van der Waals surface area contributed by atoms with Crippen LogP contribution in [0.2, 0.25) is 10.3 Å². The summed E-state index contributed by atoms with van der Waals surface area (Å²) in [4.78, 5) is 4.11. The quantitative estimate of drug-likeness (QED) is 0.289. The van der Waals surface area contributed by atoms with Crippen LogP contribution in [-0.2, 0) is 29.2 Å². The van der Waals surface area contributed by atoms with Crippen LogP contribution in [0.25, 0.3) is 11.1 Å². The Morgan fingerprint density at radius 2 is 1.65 bits per heavy atom. The SMILES string of the molecule is C[C@@H]1[C@H](Cn2cnc(Cl)c2Cl)O[C@H](c2ccc(-c3ccccc3CN)cc2)O[C@@H]1c1ccc(CO)cc1. The summed E-state index contributed by atoms with van der Waals surface area (Å²) >= 11 is 12.5. The van der Waals surface area contributed by atoms with E-state index in [2.05, 4.69) is 30.1 Å². The Labute approximate surface area is 226 Å². The molecular formula is C29H29Cl2N3O3. The van der Waals surface area contributed by atoms with Crippen molar-refractivity contribution < 1.29 is 14.6 Å². The standard InChI is InChI=1S/C29H29Cl2N3O3/c1-18-25(15-34-17-33-27(30)28(34)31)36-29(37-26(18)21-8-6-19(16-35)7-9-21)22-12-10-20(11-13-22)24-5-3-2-4-23(24)14-32/h2-13,17-18,25-26,29,35H,14-16,32H2,1H3/t18-,25+,26+,29+/m1/s1. The summed E-state index contributed by atoms with van der Waals surface area (Å²) in [5.41, 5.74) is 12.0. The summed E-state index contributed by atoms with van der Waals surface area (Å²) < 4.78 is 14.9. The van der Waals surface area contributed by atoms with Crippen molar-refractivity contribution in [1.29, 1.82) is 0 Å². The number of ether oxygens (including phenoxy) is 2. The highest BCUT2D eigenvalue weighted by Gasteiger charge is 2.38. The van der Waals surface area contributed by atoms with Crippen LogP contribution in [0, 0.1) is 5.92 Å². The Hall–Kier alpha value is -2.71. The molecule has 3 N–H and O–H groups in total. The molecule has 0 saturated carbocycles. The fourth-order valence-electron chi connectivity index (χ4n) is 4.79. The molecule has 4 atom stereocenters. The number of hydrogen-bond donors (Lipinski definition) is 2. The molecule has 2 heterocycles. The van der Waals surface area contributed by atoms with Crippen molar-refractivity contribution >= 4 is 23.2 Å². The van der Waals surface area contributed by atoms with E-state index in [9.17, 15) is 5.11 Å². The van der Waals surface area contributed by atoms with Gasteiger partial charge in [-0.3, -0.25) is 0 Å². The third-order valence-electron chi connectivity index (χ3n) is 6.96. The second-order valence-electron chi connectivity index (χ2n) is 9.28. The van der Waals surface area contributed by atoms with Crippen LogP contribution in [0.15, 0.2) is 79.1 Å². The molecule has 4 aromatic rings. The first-order valence-electron chi connectivity index (χ1n) is 12.2. The highest BCUT2D eigenvalue weighted by molar-refractivity contribution is 6.40. The van der Waals surface area contributed by atoms with Crippen molar-refractivity contribution in [2.45, 2.75) is 45.1 Å². The van der Waals surface area contributed by atoms with Crippen molar-refractivity contribution in [3.05, 3.63) is 112 Å². The van der Waals surface area contributed by atoms with Gasteiger partial charge in [0.1, 0.15) is 5.15 Å². The lowest BCUT2D eigenvalue weighted by molar-refractivity contribution is -0.276. The number of nitrogens with zero attached hydrogens (tertiary/aromatic N) is 2. The molecule has 1 aromatic heterocycles. The Balaban J connectivity index is 1.45. The molecule has 3 aromatic carbocycles. The number of rotatable bonds is 7. The van der Waals surface area contributed by atoms with Crippen molar-refractivity contribution in [3.63, 3.8) is 0 Å². The van der Waals surface area contributed by atoms with Crippen LogP contribution < -0.4 is 5.73 Å². The predicted octanol–water partition coefficient (Wildman–Crippen LogP) is 6.30. The van der Waals surface area contributed by atoms with E-state index >= 15 is 0 Å². The van der Waals surface area contributed by atoms with Gasteiger partial charge in [0.25, 0.3) is 0 Å². The molecule has 8 heteroatoms. The normalized spacial score (nSPS) is 21.8. The lowest BCUT2D eigenvalue weighted by atomic mass is 9.90. The number of aliphatic hydroxyl groups is 1. The van der Waals surface area contributed by atoms with Gasteiger partial charge in [-0.1, -0.05) is 103 Å². The summed E-state index contributed by atoms with van der Waals surface area (Å²) in [6.45, 7) is 3.05. The number of nitrogens with two attached hydrogens (primary N) is 1. The molecule has 1 aliphatic rings. The van der Waals surface area contributed by atoms with Crippen LogP contribution in [0.1, 0.15) is 41.6 Å². The van der Waals surface area contributed by atoms with Crippen molar-refractivity contribution in [2.75, 3.05) is 0 Å². The van der Waals surface area contributed by atoms with Gasteiger partial charge >= 0.3 is 0 Å². The zero-order valence-corrected chi connectivity index (χ0v) is 21.9. The van der Waals surface area contributed by atoms with Gasteiger partial charge in [-0.05, 0) is 27.8 Å². The van der Waals surface area contributed by atoms with E-state index in [4.69, 9.17) is 38.4 Å². The fraction of sp³-hybridized carbons (Fsp3) is 0.276.